The summed E-state index contributed by atoms with van der Waals surface area (Å²) in [6, 6.07) is 8.11. The van der Waals surface area contributed by atoms with Crippen LogP contribution in [0.4, 0.5) is 18.9 Å². The van der Waals surface area contributed by atoms with E-state index >= 15 is 0 Å². The highest BCUT2D eigenvalue weighted by atomic mass is 19.4. The van der Waals surface area contributed by atoms with Crippen molar-refractivity contribution in [3.05, 3.63) is 65.5 Å². The number of aromatic nitrogens is 2. The van der Waals surface area contributed by atoms with Crippen molar-refractivity contribution in [1.29, 1.82) is 0 Å². The number of rotatable bonds is 6. The minimum atomic E-state index is -4.44. The molecule has 3 heterocycles. The zero-order chi connectivity index (χ0) is 20.3. The number of hydrogen-bond donors (Lipinski definition) is 1. The van der Waals surface area contributed by atoms with Gasteiger partial charge in [-0.25, -0.2) is 4.98 Å². The molecule has 6 nitrogen and oxygen atoms in total. The molecular weight excluding hydrogens is 375 g/mol. The molecule has 1 amide bonds. The SMILES string of the molecule is Cc1cc(C(=O)Nc2ccc(OCC(F)(F)F)nc2)c(C)n1Cc1ccco1. The Hall–Kier alpha value is -3.23. The van der Waals surface area contributed by atoms with Gasteiger partial charge in [-0.1, -0.05) is 0 Å². The van der Waals surface area contributed by atoms with E-state index in [0.717, 1.165) is 17.1 Å². The molecule has 0 spiro atoms. The van der Waals surface area contributed by atoms with Crippen LogP contribution in [0.3, 0.4) is 0 Å². The summed E-state index contributed by atoms with van der Waals surface area (Å²) in [6.45, 7) is 2.80. The van der Waals surface area contributed by atoms with Crippen molar-refractivity contribution < 1.29 is 27.1 Å². The fraction of sp³-hybridized carbons (Fsp3) is 0.263. The van der Waals surface area contributed by atoms with Gasteiger partial charge in [-0.3, -0.25) is 4.79 Å². The number of ether oxygens (including phenoxy) is 1. The van der Waals surface area contributed by atoms with Crippen LogP contribution in [0.2, 0.25) is 0 Å². The van der Waals surface area contributed by atoms with E-state index in [4.69, 9.17) is 4.42 Å². The highest BCUT2D eigenvalue weighted by Gasteiger charge is 2.28. The largest absolute Gasteiger partial charge is 0.468 e. The van der Waals surface area contributed by atoms with Crippen LogP contribution in [-0.2, 0) is 6.54 Å². The standard InChI is InChI=1S/C19H18F3N3O3/c1-12-8-16(13(2)25(12)10-15-4-3-7-27-15)18(26)24-14-5-6-17(23-9-14)28-11-19(20,21)22/h3-9H,10-11H2,1-2H3,(H,24,26). The quantitative estimate of drug-likeness (QED) is 0.677. The average molecular weight is 393 g/mol. The fourth-order valence-electron chi connectivity index (χ4n) is 2.73. The van der Waals surface area contributed by atoms with Gasteiger partial charge < -0.3 is 19.0 Å². The molecular formula is C19H18F3N3O3. The molecule has 0 unspecified atom stereocenters. The van der Waals surface area contributed by atoms with Crippen LogP contribution >= 0.6 is 0 Å². The van der Waals surface area contributed by atoms with Gasteiger partial charge in [0.15, 0.2) is 6.61 Å². The molecule has 28 heavy (non-hydrogen) atoms. The molecule has 3 aromatic heterocycles. The number of anilines is 1. The Morgan fingerprint density at radius 1 is 1.29 bits per heavy atom. The summed E-state index contributed by atoms with van der Waals surface area (Å²) in [4.78, 5) is 16.4. The molecule has 0 aromatic carbocycles. The number of pyridine rings is 1. The maximum atomic E-state index is 12.6. The molecule has 0 saturated carbocycles. The summed E-state index contributed by atoms with van der Waals surface area (Å²) in [6.07, 6.45) is -1.61. The van der Waals surface area contributed by atoms with E-state index in [-0.39, 0.29) is 11.8 Å². The fourth-order valence-corrected chi connectivity index (χ4v) is 2.73. The monoisotopic (exact) mass is 393 g/mol. The molecule has 0 aliphatic carbocycles. The van der Waals surface area contributed by atoms with Crippen molar-refractivity contribution in [3.63, 3.8) is 0 Å². The second kappa shape index (κ2) is 7.79. The van der Waals surface area contributed by atoms with Crippen LogP contribution in [-0.4, -0.2) is 28.2 Å². The molecule has 0 fully saturated rings. The molecule has 3 rings (SSSR count). The van der Waals surface area contributed by atoms with Crippen LogP contribution in [0.15, 0.2) is 47.2 Å². The Labute approximate surface area is 158 Å². The first kappa shape index (κ1) is 19.5. The zero-order valence-electron chi connectivity index (χ0n) is 15.2. The molecule has 0 aliphatic heterocycles. The van der Waals surface area contributed by atoms with Gasteiger partial charge in [0.1, 0.15) is 5.76 Å². The van der Waals surface area contributed by atoms with E-state index in [0.29, 0.717) is 17.8 Å². The first-order valence-electron chi connectivity index (χ1n) is 8.39. The number of nitrogens with one attached hydrogen (secondary N) is 1. The average Bonchev–Trinajstić information content (AvgIpc) is 3.24. The van der Waals surface area contributed by atoms with Gasteiger partial charge in [0.2, 0.25) is 5.88 Å². The number of alkyl halides is 3. The first-order chi connectivity index (χ1) is 13.2. The number of carbonyl (C=O) groups is 1. The van der Waals surface area contributed by atoms with E-state index in [9.17, 15) is 18.0 Å². The summed E-state index contributed by atoms with van der Waals surface area (Å²) in [5.41, 5.74) is 2.50. The van der Waals surface area contributed by atoms with Crippen molar-refractivity contribution >= 4 is 11.6 Å². The molecule has 0 bridgehead atoms. The van der Waals surface area contributed by atoms with Crippen LogP contribution in [0.25, 0.3) is 0 Å². The van der Waals surface area contributed by atoms with Crippen molar-refractivity contribution in [2.45, 2.75) is 26.6 Å². The van der Waals surface area contributed by atoms with Crippen molar-refractivity contribution in [3.8, 4) is 5.88 Å². The second-order valence-electron chi connectivity index (χ2n) is 6.19. The third-order valence-corrected chi connectivity index (χ3v) is 4.09. The van der Waals surface area contributed by atoms with E-state index in [1.807, 2.05) is 24.5 Å². The van der Waals surface area contributed by atoms with Gasteiger partial charge >= 0.3 is 6.18 Å². The molecule has 9 heteroatoms. The number of carbonyl (C=O) groups excluding carboxylic acids is 1. The number of aryl methyl sites for hydroxylation is 1. The highest BCUT2D eigenvalue weighted by Crippen LogP contribution is 2.21. The van der Waals surface area contributed by atoms with Crippen molar-refractivity contribution in [2.24, 2.45) is 0 Å². The minimum Gasteiger partial charge on any atom is -0.468 e. The van der Waals surface area contributed by atoms with Crippen LogP contribution in [0.1, 0.15) is 27.5 Å². The maximum Gasteiger partial charge on any atom is 0.422 e. The number of amides is 1. The number of nitrogens with zero attached hydrogens (tertiary/aromatic N) is 2. The highest BCUT2D eigenvalue weighted by molar-refractivity contribution is 6.05. The van der Waals surface area contributed by atoms with Crippen LogP contribution in [0, 0.1) is 13.8 Å². The smallest absolute Gasteiger partial charge is 0.422 e. The molecule has 1 N–H and O–H groups in total. The predicted molar refractivity (Wildman–Crippen MR) is 95.5 cm³/mol. The molecule has 3 aromatic rings. The van der Waals surface area contributed by atoms with Crippen molar-refractivity contribution in [1.82, 2.24) is 9.55 Å². The number of halogens is 3. The zero-order valence-corrected chi connectivity index (χ0v) is 15.2. The molecule has 0 saturated heterocycles. The Morgan fingerprint density at radius 3 is 2.68 bits per heavy atom. The van der Waals surface area contributed by atoms with Gasteiger partial charge in [-0.05, 0) is 38.1 Å². The second-order valence-corrected chi connectivity index (χ2v) is 6.19. The van der Waals surface area contributed by atoms with Gasteiger partial charge in [-0.15, -0.1) is 0 Å². The number of hydrogen-bond acceptors (Lipinski definition) is 4. The predicted octanol–water partition coefficient (Wildman–Crippen LogP) is 4.33. The van der Waals surface area contributed by atoms with Crippen LogP contribution in [0.5, 0.6) is 5.88 Å². The molecule has 0 radical (unpaired) electrons. The van der Waals surface area contributed by atoms with Gasteiger partial charge in [0.05, 0.1) is 30.3 Å². The summed E-state index contributed by atoms with van der Waals surface area (Å²) in [5.74, 6) is 0.254. The summed E-state index contributed by atoms with van der Waals surface area (Å²) in [7, 11) is 0. The summed E-state index contributed by atoms with van der Waals surface area (Å²) < 4.78 is 48.3. The Bertz CT molecular complexity index is 945. The normalized spacial score (nSPS) is 11.5. The van der Waals surface area contributed by atoms with Gasteiger partial charge in [-0.2, -0.15) is 13.2 Å². The minimum absolute atomic E-state index is 0.174. The molecule has 148 valence electrons. The Kier molecular flexibility index (Phi) is 5.43. The molecule has 0 atom stereocenters. The third kappa shape index (κ3) is 4.73. The topological polar surface area (TPSA) is 69.3 Å². The summed E-state index contributed by atoms with van der Waals surface area (Å²) >= 11 is 0. The lowest BCUT2D eigenvalue weighted by atomic mass is 10.2. The lowest BCUT2D eigenvalue weighted by molar-refractivity contribution is -0.154. The lowest BCUT2D eigenvalue weighted by Gasteiger charge is -2.10. The lowest BCUT2D eigenvalue weighted by Crippen LogP contribution is -2.19. The Balaban J connectivity index is 1.68. The molecule has 0 aliphatic rings. The first-order valence-corrected chi connectivity index (χ1v) is 8.39. The van der Waals surface area contributed by atoms with Gasteiger partial charge in [0, 0.05) is 17.5 Å². The van der Waals surface area contributed by atoms with Gasteiger partial charge in [0.25, 0.3) is 5.91 Å². The number of furan rings is 1. The van der Waals surface area contributed by atoms with E-state index in [1.165, 1.54) is 18.3 Å². The summed E-state index contributed by atoms with van der Waals surface area (Å²) in [5, 5.41) is 2.68. The maximum absolute atomic E-state index is 12.6. The van der Waals surface area contributed by atoms with E-state index in [1.54, 1.807) is 18.4 Å². The Morgan fingerprint density at radius 2 is 2.07 bits per heavy atom. The third-order valence-electron chi connectivity index (χ3n) is 4.09. The van der Waals surface area contributed by atoms with Crippen molar-refractivity contribution in [2.75, 3.05) is 11.9 Å². The van der Waals surface area contributed by atoms with Crippen LogP contribution < -0.4 is 10.1 Å². The van der Waals surface area contributed by atoms with E-state index < -0.39 is 12.8 Å². The van der Waals surface area contributed by atoms with E-state index in [2.05, 4.69) is 15.0 Å².